The summed E-state index contributed by atoms with van der Waals surface area (Å²) < 4.78 is 10.3. The normalized spacial score (nSPS) is 11.6. The van der Waals surface area contributed by atoms with Crippen LogP contribution in [0, 0.1) is 0 Å². The van der Waals surface area contributed by atoms with Crippen molar-refractivity contribution in [1.29, 1.82) is 0 Å². The summed E-state index contributed by atoms with van der Waals surface area (Å²) in [7, 11) is 1.64. The van der Waals surface area contributed by atoms with Gasteiger partial charge in [0.2, 0.25) is 5.89 Å². The van der Waals surface area contributed by atoms with Crippen LogP contribution >= 0.6 is 0 Å². The highest BCUT2D eigenvalue weighted by Crippen LogP contribution is 2.16. The van der Waals surface area contributed by atoms with Crippen LogP contribution in [0.5, 0.6) is 5.75 Å². The van der Waals surface area contributed by atoms with Crippen LogP contribution < -0.4 is 10.5 Å². The lowest BCUT2D eigenvalue weighted by atomic mass is 10.1. The number of nitrogens with zero attached hydrogens (tertiary/aromatic N) is 2. The number of aromatic nitrogens is 2. The number of benzene rings is 1. The van der Waals surface area contributed by atoms with Gasteiger partial charge < -0.3 is 15.0 Å². The van der Waals surface area contributed by atoms with E-state index in [4.69, 9.17) is 15.0 Å². The zero-order chi connectivity index (χ0) is 13.2. The summed E-state index contributed by atoms with van der Waals surface area (Å²) in [5, 5.41) is 3.88. The first-order valence-electron chi connectivity index (χ1n) is 5.74. The molecule has 0 aliphatic heterocycles. The first-order chi connectivity index (χ1) is 8.49. The molecule has 0 aliphatic carbocycles. The molecule has 0 saturated carbocycles. The minimum absolute atomic E-state index is 0.519. The highest BCUT2D eigenvalue weighted by molar-refractivity contribution is 5.28. The van der Waals surface area contributed by atoms with Crippen molar-refractivity contribution in [2.75, 3.05) is 7.11 Å². The molecule has 2 rings (SSSR count). The van der Waals surface area contributed by atoms with E-state index in [0.717, 1.165) is 11.3 Å². The number of hydrogen-bond donors (Lipinski definition) is 1. The van der Waals surface area contributed by atoms with Gasteiger partial charge in [-0.1, -0.05) is 17.3 Å². The highest BCUT2D eigenvalue weighted by atomic mass is 16.5. The minimum Gasteiger partial charge on any atom is -0.497 e. The molecule has 1 aromatic carbocycles. The lowest BCUT2D eigenvalue weighted by Crippen LogP contribution is -2.30. The van der Waals surface area contributed by atoms with Gasteiger partial charge in [-0.3, -0.25) is 0 Å². The minimum atomic E-state index is -0.582. The van der Waals surface area contributed by atoms with Crippen LogP contribution in [0.3, 0.4) is 0 Å². The van der Waals surface area contributed by atoms with Gasteiger partial charge in [-0.2, -0.15) is 4.98 Å². The Morgan fingerprint density at radius 2 is 1.94 bits per heavy atom. The van der Waals surface area contributed by atoms with E-state index in [1.165, 1.54) is 0 Å². The van der Waals surface area contributed by atoms with Gasteiger partial charge in [-0.05, 0) is 31.5 Å². The molecule has 2 N–H and O–H groups in total. The summed E-state index contributed by atoms with van der Waals surface area (Å²) in [6.45, 7) is 3.68. The molecule has 5 nitrogen and oxygen atoms in total. The fourth-order valence-corrected chi connectivity index (χ4v) is 1.51. The molecule has 0 atom stereocenters. The summed E-state index contributed by atoms with van der Waals surface area (Å²) in [5.41, 5.74) is 6.40. The summed E-state index contributed by atoms with van der Waals surface area (Å²) in [4.78, 5) is 4.29. The molecule has 1 heterocycles. The molecule has 5 heteroatoms. The average Bonchev–Trinajstić information content (AvgIpc) is 2.78. The zero-order valence-corrected chi connectivity index (χ0v) is 10.8. The Morgan fingerprint density at radius 1 is 1.28 bits per heavy atom. The van der Waals surface area contributed by atoms with Crippen LogP contribution in [0.25, 0.3) is 0 Å². The summed E-state index contributed by atoms with van der Waals surface area (Å²) >= 11 is 0. The van der Waals surface area contributed by atoms with E-state index < -0.39 is 5.54 Å². The van der Waals surface area contributed by atoms with Crippen LogP contribution in [0.1, 0.15) is 31.1 Å². The number of rotatable bonds is 4. The fourth-order valence-electron chi connectivity index (χ4n) is 1.51. The van der Waals surface area contributed by atoms with E-state index in [1.54, 1.807) is 7.11 Å². The number of methoxy groups -OCH3 is 1. The second kappa shape index (κ2) is 4.78. The van der Waals surface area contributed by atoms with Gasteiger partial charge in [-0.15, -0.1) is 0 Å². The van der Waals surface area contributed by atoms with Gasteiger partial charge in [-0.25, -0.2) is 0 Å². The van der Waals surface area contributed by atoms with Gasteiger partial charge in [0.25, 0.3) is 0 Å². The molecule has 0 radical (unpaired) electrons. The lowest BCUT2D eigenvalue weighted by molar-refractivity contribution is 0.365. The summed E-state index contributed by atoms with van der Waals surface area (Å²) in [6.07, 6.45) is 0.590. The van der Waals surface area contributed by atoms with Crippen molar-refractivity contribution in [3.05, 3.63) is 41.5 Å². The average molecular weight is 247 g/mol. The second-order valence-electron chi connectivity index (χ2n) is 4.76. The molecule has 0 bridgehead atoms. The molecular formula is C13H17N3O2. The predicted octanol–water partition coefficient (Wildman–Crippen LogP) is 1.86. The van der Waals surface area contributed by atoms with Crippen LogP contribution in [0.15, 0.2) is 28.8 Å². The Labute approximate surface area is 106 Å². The quantitative estimate of drug-likeness (QED) is 0.892. The van der Waals surface area contributed by atoms with Crippen molar-refractivity contribution in [2.45, 2.75) is 25.8 Å². The highest BCUT2D eigenvalue weighted by Gasteiger charge is 2.21. The largest absolute Gasteiger partial charge is 0.497 e. The topological polar surface area (TPSA) is 74.2 Å². The third-order valence-corrected chi connectivity index (χ3v) is 2.56. The van der Waals surface area contributed by atoms with Crippen molar-refractivity contribution < 1.29 is 9.26 Å². The van der Waals surface area contributed by atoms with Crippen LogP contribution in [0.4, 0.5) is 0 Å². The molecule has 0 unspecified atom stereocenters. The van der Waals surface area contributed by atoms with Crippen molar-refractivity contribution in [3.8, 4) is 5.75 Å². The first kappa shape index (κ1) is 12.6. The maximum Gasteiger partial charge on any atom is 0.231 e. The maximum atomic E-state index is 5.90. The van der Waals surface area contributed by atoms with Crippen molar-refractivity contribution in [1.82, 2.24) is 10.1 Å². The smallest absolute Gasteiger partial charge is 0.231 e. The predicted molar refractivity (Wildman–Crippen MR) is 67.3 cm³/mol. The Morgan fingerprint density at radius 3 is 2.44 bits per heavy atom. The lowest BCUT2D eigenvalue weighted by Gasteiger charge is -2.11. The standard InChI is InChI=1S/C13H17N3O2/c1-13(2,14)12-15-11(18-16-12)8-9-4-6-10(17-3)7-5-9/h4-7H,8,14H2,1-3H3. The van der Waals surface area contributed by atoms with Gasteiger partial charge in [0.1, 0.15) is 5.75 Å². The Hall–Kier alpha value is -1.88. The van der Waals surface area contributed by atoms with Crippen LogP contribution in [-0.2, 0) is 12.0 Å². The molecule has 1 aromatic heterocycles. The second-order valence-corrected chi connectivity index (χ2v) is 4.76. The van der Waals surface area contributed by atoms with E-state index in [2.05, 4.69) is 10.1 Å². The number of ether oxygens (including phenoxy) is 1. The molecule has 0 aliphatic rings. The van der Waals surface area contributed by atoms with Crippen LogP contribution in [0.2, 0.25) is 0 Å². The molecule has 18 heavy (non-hydrogen) atoms. The number of hydrogen-bond acceptors (Lipinski definition) is 5. The summed E-state index contributed by atoms with van der Waals surface area (Å²) in [5.74, 6) is 1.91. The van der Waals surface area contributed by atoms with E-state index in [0.29, 0.717) is 18.1 Å². The van der Waals surface area contributed by atoms with Crippen molar-refractivity contribution in [3.63, 3.8) is 0 Å². The molecule has 0 amide bonds. The van der Waals surface area contributed by atoms with Crippen molar-refractivity contribution in [2.24, 2.45) is 5.73 Å². The van der Waals surface area contributed by atoms with Gasteiger partial charge in [0, 0.05) is 0 Å². The van der Waals surface area contributed by atoms with Gasteiger partial charge in [0.15, 0.2) is 5.82 Å². The van der Waals surface area contributed by atoms with Crippen molar-refractivity contribution >= 4 is 0 Å². The number of nitrogens with two attached hydrogens (primary N) is 1. The third kappa shape index (κ3) is 2.87. The third-order valence-electron chi connectivity index (χ3n) is 2.56. The maximum absolute atomic E-state index is 5.90. The molecular weight excluding hydrogens is 230 g/mol. The Bertz CT molecular complexity index is 512. The van der Waals surface area contributed by atoms with E-state index in [1.807, 2.05) is 38.1 Å². The van der Waals surface area contributed by atoms with E-state index >= 15 is 0 Å². The zero-order valence-electron chi connectivity index (χ0n) is 10.8. The monoisotopic (exact) mass is 247 g/mol. The molecule has 2 aromatic rings. The van der Waals surface area contributed by atoms with Crippen LogP contribution in [-0.4, -0.2) is 17.3 Å². The molecule has 0 spiro atoms. The Balaban J connectivity index is 2.11. The Kier molecular flexibility index (Phi) is 3.34. The SMILES string of the molecule is COc1ccc(Cc2nc(C(C)(C)N)no2)cc1. The molecule has 0 saturated heterocycles. The van der Waals surface area contributed by atoms with Gasteiger partial charge in [0.05, 0.1) is 19.1 Å². The fraction of sp³-hybridized carbons (Fsp3) is 0.385. The van der Waals surface area contributed by atoms with E-state index in [9.17, 15) is 0 Å². The molecule has 0 fully saturated rings. The first-order valence-corrected chi connectivity index (χ1v) is 5.74. The molecule has 96 valence electrons. The summed E-state index contributed by atoms with van der Waals surface area (Å²) in [6, 6.07) is 7.74. The van der Waals surface area contributed by atoms with Gasteiger partial charge >= 0.3 is 0 Å². The van der Waals surface area contributed by atoms with E-state index in [-0.39, 0.29) is 0 Å².